The van der Waals surface area contributed by atoms with E-state index >= 15 is 0 Å². The Labute approximate surface area is 126 Å². The monoisotopic (exact) mass is 306 g/mol. The molecule has 2 heteroatoms. The van der Waals surface area contributed by atoms with E-state index < -0.39 is 0 Å². The quantitative estimate of drug-likeness (QED) is 0.216. The normalized spacial score (nSPS) is 11.9. The molecule has 0 aliphatic carbocycles. The van der Waals surface area contributed by atoms with Crippen LogP contribution in [0.3, 0.4) is 0 Å². The first-order valence-electron chi connectivity index (χ1n) is 9.12. The van der Waals surface area contributed by atoms with Crippen LogP contribution in [0.2, 0.25) is 0 Å². The molecule has 19 heavy (non-hydrogen) atoms. The minimum atomic E-state index is 0.354. The molecule has 0 radical (unpaired) electrons. The Bertz CT molecular complexity index is 132. The van der Waals surface area contributed by atoms with Gasteiger partial charge in [-0.25, -0.2) is 0 Å². The third-order valence-electron chi connectivity index (χ3n) is 3.91. The van der Waals surface area contributed by atoms with E-state index in [1.165, 1.54) is 85.3 Å². The molecule has 0 bridgehead atoms. The molecule has 0 saturated heterocycles. The van der Waals surface area contributed by atoms with E-state index in [-0.39, 0.29) is 0 Å². The summed E-state index contributed by atoms with van der Waals surface area (Å²) in [5.41, 5.74) is 0. The van der Waals surface area contributed by atoms with Gasteiger partial charge in [-0.3, -0.25) is 0 Å². The SMILES string of the molecule is CCCCCCCCCCP[PH3]CCCCCCC. The van der Waals surface area contributed by atoms with Crippen molar-refractivity contribution in [2.24, 2.45) is 0 Å². The molecule has 0 aromatic carbocycles. The Balaban J connectivity index is 2.88. The van der Waals surface area contributed by atoms with Crippen LogP contribution in [0.1, 0.15) is 97.3 Å². The number of unbranched alkanes of at least 4 members (excludes halogenated alkanes) is 11. The summed E-state index contributed by atoms with van der Waals surface area (Å²) in [6.07, 6.45) is 22.5. The van der Waals surface area contributed by atoms with Crippen LogP contribution < -0.4 is 0 Å². The molecule has 0 heterocycles. The predicted octanol–water partition coefficient (Wildman–Crippen LogP) is 6.83. The first-order valence-corrected chi connectivity index (χ1v) is 13.7. The van der Waals surface area contributed by atoms with Crippen LogP contribution >= 0.6 is 16.5 Å². The van der Waals surface area contributed by atoms with Crippen molar-refractivity contribution in [2.45, 2.75) is 97.3 Å². The van der Waals surface area contributed by atoms with Gasteiger partial charge in [0.15, 0.2) is 0 Å². The summed E-state index contributed by atoms with van der Waals surface area (Å²) in [5, 5.41) is 0. The zero-order chi connectivity index (χ0) is 14.0. The van der Waals surface area contributed by atoms with Crippen LogP contribution in [0.25, 0.3) is 0 Å². The standard InChI is InChI=1S/C17H40P2/c1-3-5-7-9-10-11-13-15-17-19-18-16-14-12-8-6-4-2/h19H,3-17H2,1-2,18H3. The molecule has 0 aliphatic rings. The van der Waals surface area contributed by atoms with Gasteiger partial charge < -0.3 is 0 Å². The number of hydrogen-bond acceptors (Lipinski definition) is 0. The summed E-state index contributed by atoms with van der Waals surface area (Å²) in [4.78, 5) is 0. The summed E-state index contributed by atoms with van der Waals surface area (Å²) in [5.74, 6) is 0. The van der Waals surface area contributed by atoms with Gasteiger partial charge in [-0.05, 0) is 0 Å². The Hall–Kier alpha value is 0.860. The average molecular weight is 306 g/mol. The van der Waals surface area contributed by atoms with Crippen molar-refractivity contribution in [3.8, 4) is 0 Å². The maximum atomic E-state index is 2.31. The van der Waals surface area contributed by atoms with Gasteiger partial charge >= 0.3 is 126 Å². The molecule has 0 rings (SSSR count). The van der Waals surface area contributed by atoms with Gasteiger partial charge in [-0.2, -0.15) is 0 Å². The minimum absolute atomic E-state index is 0.354. The van der Waals surface area contributed by atoms with Crippen molar-refractivity contribution in [3.63, 3.8) is 0 Å². The van der Waals surface area contributed by atoms with E-state index in [0.717, 1.165) is 0 Å². The first-order chi connectivity index (χ1) is 9.41. The summed E-state index contributed by atoms with van der Waals surface area (Å²) in [6, 6.07) is 0. The molecule has 0 saturated carbocycles. The first kappa shape index (κ1) is 19.9. The van der Waals surface area contributed by atoms with Gasteiger partial charge in [0.1, 0.15) is 0 Å². The molecule has 0 aromatic rings. The fourth-order valence-electron chi connectivity index (χ4n) is 2.54. The fraction of sp³-hybridized carbons (Fsp3) is 1.00. The summed E-state index contributed by atoms with van der Waals surface area (Å²) in [6.45, 7) is 4.61. The van der Waals surface area contributed by atoms with Crippen molar-refractivity contribution >= 4 is 16.5 Å². The van der Waals surface area contributed by atoms with E-state index in [1.54, 1.807) is 18.7 Å². The topological polar surface area (TPSA) is 0 Å². The molecular weight excluding hydrogens is 266 g/mol. The third-order valence-corrected chi connectivity index (χ3v) is 9.01. The molecule has 1 atom stereocenters. The van der Waals surface area contributed by atoms with Gasteiger partial charge in [-0.15, -0.1) is 0 Å². The van der Waals surface area contributed by atoms with E-state index in [0.29, 0.717) is 8.27 Å². The zero-order valence-electron chi connectivity index (χ0n) is 13.8. The second-order valence-corrected chi connectivity index (χ2v) is 11.2. The van der Waals surface area contributed by atoms with Crippen molar-refractivity contribution < 1.29 is 0 Å². The van der Waals surface area contributed by atoms with Gasteiger partial charge in [0.05, 0.1) is 0 Å². The summed E-state index contributed by atoms with van der Waals surface area (Å²) < 4.78 is 0. The van der Waals surface area contributed by atoms with Gasteiger partial charge in [0.2, 0.25) is 0 Å². The molecule has 0 fully saturated rings. The maximum absolute atomic E-state index is 2.31. The Morgan fingerprint density at radius 2 is 1.05 bits per heavy atom. The van der Waals surface area contributed by atoms with Gasteiger partial charge in [-0.1, -0.05) is 0 Å². The Kier molecular flexibility index (Phi) is 19.7. The van der Waals surface area contributed by atoms with E-state index in [1.807, 2.05) is 0 Å². The molecule has 0 aromatic heterocycles. The van der Waals surface area contributed by atoms with Crippen LogP contribution in [0.4, 0.5) is 0 Å². The molecule has 0 amide bonds. The Morgan fingerprint density at radius 1 is 0.579 bits per heavy atom. The molecular formula is C17H40P2. The van der Waals surface area contributed by atoms with Crippen LogP contribution in [0.15, 0.2) is 0 Å². The fourth-order valence-corrected chi connectivity index (χ4v) is 7.14. The molecule has 0 N–H and O–H groups in total. The average Bonchev–Trinajstić information content (AvgIpc) is 2.43. The number of rotatable bonds is 16. The van der Waals surface area contributed by atoms with Crippen LogP contribution in [-0.4, -0.2) is 12.3 Å². The third kappa shape index (κ3) is 18.9. The van der Waals surface area contributed by atoms with Crippen molar-refractivity contribution in [2.75, 3.05) is 12.3 Å². The van der Waals surface area contributed by atoms with E-state index in [2.05, 4.69) is 13.8 Å². The number of hydrogen-bond donors (Lipinski definition) is 0. The molecule has 0 nitrogen and oxygen atoms in total. The molecule has 1 unspecified atom stereocenters. The van der Waals surface area contributed by atoms with E-state index in [4.69, 9.17) is 0 Å². The molecule has 118 valence electrons. The van der Waals surface area contributed by atoms with Crippen LogP contribution in [0, 0.1) is 0 Å². The van der Waals surface area contributed by atoms with E-state index in [9.17, 15) is 0 Å². The summed E-state index contributed by atoms with van der Waals surface area (Å²) in [7, 11) is 1.75. The van der Waals surface area contributed by atoms with Crippen molar-refractivity contribution in [1.29, 1.82) is 0 Å². The van der Waals surface area contributed by atoms with Gasteiger partial charge in [0, 0.05) is 0 Å². The Morgan fingerprint density at radius 3 is 1.63 bits per heavy atom. The van der Waals surface area contributed by atoms with Crippen molar-refractivity contribution in [1.82, 2.24) is 0 Å². The van der Waals surface area contributed by atoms with Crippen LogP contribution in [0.5, 0.6) is 0 Å². The predicted molar refractivity (Wildman–Crippen MR) is 101 cm³/mol. The van der Waals surface area contributed by atoms with Gasteiger partial charge in [0.25, 0.3) is 0 Å². The molecule has 0 aliphatic heterocycles. The summed E-state index contributed by atoms with van der Waals surface area (Å²) >= 11 is 0. The second-order valence-electron chi connectivity index (χ2n) is 5.99. The van der Waals surface area contributed by atoms with Crippen molar-refractivity contribution in [3.05, 3.63) is 0 Å². The van der Waals surface area contributed by atoms with Crippen LogP contribution in [-0.2, 0) is 0 Å². The molecule has 0 spiro atoms. The second kappa shape index (κ2) is 18.9. The zero-order valence-corrected chi connectivity index (χ0v) is 16.2.